The predicted octanol–water partition coefficient (Wildman–Crippen LogP) is 4.00. The molecule has 1 aromatic rings. The van der Waals surface area contributed by atoms with Crippen molar-refractivity contribution in [1.29, 1.82) is 0 Å². The fraction of sp³-hybridized carbons (Fsp3) is 0.636. The van der Waals surface area contributed by atoms with Crippen LogP contribution in [0.2, 0.25) is 0 Å². The number of aryl methyl sites for hydroxylation is 2. The zero-order valence-corrected chi connectivity index (χ0v) is 17.5. The van der Waals surface area contributed by atoms with Crippen molar-refractivity contribution in [2.75, 3.05) is 12.3 Å². The number of aromatic carboxylic acids is 1. The molecule has 1 unspecified atom stereocenters. The van der Waals surface area contributed by atoms with E-state index < -0.39 is 11.6 Å². The Morgan fingerprint density at radius 1 is 1.29 bits per heavy atom. The molecule has 1 amide bonds. The molecular weight excluding hydrogens is 374 g/mol. The Morgan fingerprint density at radius 2 is 2.04 bits per heavy atom. The first-order valence-corrected chi connectivity index (χ1v) is 11.4. The molecule has 1 saturated carbocycles. The lowest BCUT2D eigenvalue weighted by molar-refractivity contribution is -0.129. The lowest BCUT2D eigenvalue weighted by atomic mass is 9.82. The van der Waals surface area contributed by atoms with E-state index in [0.717, 1.165) is 50.5 Å². The highest BCUT2D eigenvalue weighted by Crippen LogP contribution is 2.34. The van der Waals surface area contributed by atoms with Crippen LogP contribution in [-0.4, -0.2) is 50.3 Å². The highest BCUT2D eigenvalue weighted by atomic mass is 32.2. The van der Waals surface area contributed by atoms with Gasteiger partial charge in [0.2, 0.25) is 5.91 Å². The van der Waals surface area contributed by atoms with Gasteiger partial charge in [-0.1, -0.05) is 25.3 Å². The number of amides is 1. The summed E-state index contributed by atoms with van der Waals surface area (Å²) in [6.07, 6.45) is 8.55. The Labute approximate surface area is 171 Å². The van der Waals surface area contributed by atoms with Crippen molar-refractivity contribution < 1.29 is 19.8 Å². The average molecular weight is 406 g/mol. The van der Waals surface area contributed by atoms with Crippen LogP contribution >= 0.6 is 11.8 Å². The lowest BCUT2D eigenvalue weighted by Gasteiger charge is -2.34. The van der Waals surface area contributed by atoms with E-state index >= 15 is 0 Å². The minimum Gasteiger partial charge on any atom is -0.478 e. The molecular formula is C22H31NO4S. The molecule has 6 heteroatoms. The second-order valence-electron chi connectivity index (χ2n) is 8.23. The van der Waals surface area contributed by atoms with Crippen LogP contribution in [0.4, 0.5) is 0 Å². The number of benzene rings is 1. The van der Waals surface area contributed by atoms with Crippen LogP contribution in [0.3, 0.4) is 0 Å². The second-order valence-corrected chi connectivity index (χ2v) is 9.39. The third kappa shape index (κ3) is 5.29. The molecule has 0 aromatic heterocycles. The van der Waals surface area contributed by atoms with E-state index in [4.69, 9.17) is 5.11 Å². The summed E-state index contributed by atoms with van der Waals surface area (Å²) >= 11 is 1.71. The van der Waals surface area contributed by atoms with Gasteiger partial charge in [-0.05, 0) is 68.7 Å². The molecule has 2 fully saturated rings. The van der Waals surface area contributed by atoms with E-state index in [9.17, 15) is 14.7 Å². The number of aliphatic hydroxyl groups is 1. The van der Waals surface area contributed by atoms with Gasteiger partial charge >= 0.3 is 5.97 Å². The fourth-order valence-electron chi connectivity index (χ4n) is 4.37. The van der Waals surface area contributed by atoms with Crippen LogP contribution in [0, 0.1) is 6.92 Å². The summed E-state index contributed by atoms with van der Waals surface area (Å²) in [4.78, 5) is 25.3. The molecule has 5 nitrogen and oxygen atoms in total. The van der Waals surface area contributed by atoms with Crippen molar-refractivity contribution in [3.05, 3.63) is 34.9 Å². The molecule has 1 aromatic carbocycles. The summed E-state index contributed by atoms with van der Waals surface area (Å²) in [5.74, 6) is -0.169. The number of carbonyl (C=O) groups excluding carboxylic acids is 1. The minimum absolute atomic E-state index is 0.191. The van der Waals surface area contributed by atoms with E-state index in [-0.39, 0.29) is 11.3 Å². The summed E-state index contributed by atoms with van der Waals surface area (Å²) < 4.78 is 0. The molecule has 0 spiro atoms. The topological polar surface area (TPSA) is 77.8 Å². The van der Waals surface area contributed by atoms with Crippen molar-refractivity contribution in [2.45, 2.75) is 75.7 Å². The maximum Gasteiger partial charge on any atom is 0.335 e. The Balaban J connectivity index is 1.50. The first kappa shape index (κ1) is 21.2. The summed E-state index contributed by atoms with van der Waals surface area (Å²) in [7, 11) is 0. The molecule has 1 saturated heterocycles. The molecule has 28 heavy (non-hydrogen) atoms. The first-order chi connectivity index (χ1) is 13.4. The van der Waals surface area contributed by atoms with Crippen molar-refractivity contribution >= 4 is 23.6 Å². The zero-order valence-electron chi connectivity index (χ0n) is 16.7. The van der Waals surface area contributed by atoms with E-state index in [2.05, 4.69) is 0 Å². The van der Waals surface area contributed by atoms with Gasteiger partial charge in [-0.2, -0.15) is 0 Å². The normalized spacial score (nSPS) is 21.9. The molecule has 0 bridgehead atoms. The molecule has 0 radical (unpaired) electrons. The van der Waals surface area contributed by atoms with Crippen LogP contribution in [0.1, 0.15) is 72.9 Å². The predicted molar refractivity (Wildman–Crippen MR) is 112 cm³/mol. The molecule has 1 heterocycles. The van der Waals surface area contributed by atoms with Gasteiger partial charge < -0.3 is 15.1 Å². The van der Waals surface area contributed by atoms with E-state index in [1.165, 1.54) is 12.0 Å². The first-order valence-electron chi connectivity index (χ1n) is 10.3. The lowest BCUT2D eigenvalue weighted by Crippen LogP contribution is -2.40. The molecule has 154 valence electrons. The maximum absolute atomic E-state index is 12.3. The van der Waals surface area contributed by atoms with E-state index in [1.807, 2.05) is 17.9 Å². The van der Waals surface area contributed by atoms with Crippen LogP contribution in [0.5, 0.6) is 0 Å². The SMILES string of the molecule is Cc1cc(C(=O)O)ccc1CCCC1SCC(=O)N1CCC1(O)CCCCC1. The number of carboxylic acids is 1. The van der Waals surface area contributed by atoms with Gasteiger partial charge in [0.05, 0.1) is 22.3 Å². The van der Waals surface area contributed by atoms with Gasteiger partial charge in [0.25, 0.3) is 0 Å². The summed E-state index contributed by atoms with van der Waals surface area (Å²) in [6.45, 7) is 2.60. The van der Waals surface area contributed by atoms with E-state index in [0.29, 0.717) is 24.3 Å². The molecule has 2 N–H and O–H groups in total. The Bertz CT molecular complexity index is 714. The summed E-state index contributed by atoms with van der Waals surface area (Å²) in [5.41, 5.74) is 1.91. The van der Waals surface area contributed by atoms with Crippen LogP contribution in [0.25, 0.3) is 0 Å². The quantitative estimate of drug-likeness (QED) is 0.683. The minimum atomic E-state index is -0.897. The smallest absolute Gasteiger partial charge is 0.335 e. The van der Waals surface area contributed by atoms with Crippen LogP contribution in [0.15, 0.2) is 18.2 Å². The van der Waals surface area contributed by atoms with Crippen molar-refractivity contribution in [3.8, 4) is 0 Å². The highest BCUT2D eigenvalue weighted by molar-refractivity contribution is 8.00. The Kier molecular flexibility index (Phi) is 7.05. The molecule has 1 aliphatic carbocycles. The van der Waals surface area contributed by atoms with E-state index in [1.54, 1.807) is 23.9 Å². The third-order valence-corrected chi connectivity index (χ3v) is 7.44. The van der Waals surface area contributed by atoms with Crippen molar-refractivity contribution in [2.24, 2.45) is 0 Å². The Morgan fingerprint density at radius 3 is 2.71 bits per heavy atom. The van der Waals surface area contributed by atoms with Crippen molar-refractivity contribution in [3.63, 3.8) is 0 Å². The van der Waals surface area contributed by atoms with Gasteiger partial charge in [0.1, 0.15) is 0 Å². The molecule has 1 atom stereocenters. The summed E-state index contributed by atoms with van der Waals surface area (Å²) in [6, 6.07) is 5.29. The van der Waals surface area contributed by atoms with Gasteiger partial charge in [0, 0.05) is 6.54 Å². The average Bonchev–Trinajstić information content (AvgIpc) is 3.01. The zero-order chi connectivity index (χ0) is 20.1. The van der Waals surface area contributed by atoms with Gasteiger partial charge in [-0.25, -0.2) is 4.79 Å². The third-order valence-electron chi connectivity index (χ3n) is 6.16. The number of carbonyl (C=O) groups is 2. The number of thioether (sulfide) groups is 1. The van der Waals surface area contributed by atoms with Crippen LogP contribution < -0.4 is 0 Å². The largest absolute Gasteiger partial charge is 0.478 e. The van der Waals surface area contributed by atoms with Gasteiger partial charge in [0.15, 0.2) is 0 Å². The molecule has 1 aliphatic heterocycles. The Hall–Kier alpha value is -1.53. The number of hydrogen-bond donors (Lipinski definition) is 2. The summed E-state index contributed by atoms with van der Waals surface area (Å²) in [5, 5.41) is 20.0. The number of hydrogen-bond acceptors (Lipinski definition) is 4. The van der Waals surface area contributed by atoms with Crippen LogP contribution in [-0.2, 0) is 11.2 Å². The van der Waals surface area contributed by atoms with Crippen molar-refractivity contribution in [1.82, 2.24) is 4.90 Å². The maximum atomic E-state index is 12.3. The standard InChI is InChI=1S/C22H31NO4S/c1-16-14-18(21(25)26)9-8-17(16)6-5-7-20-23(19(24)15-28-20)13-12-22(27)10-3-2-4-11-22/h8-9,14,20,27H,2-7,10-13,15H2,1H3,(H,25,26). The number of carboxylic acid groups (broad SMARTS) is 1. The number of rotatable bonds is 8. The highest BCUT2D eigenvalue weighted by Gasteiger charge is 2.35. The fourth-order valence-corrected chi connectivity index (χ4v) is 5.61. The monoisotopic (exact) mass is 405 g/mol. The molecule has 2 aliphatic rings. The van der Waals surface area contributed by atoms with Gasteiger partial charge in [-0.3, -0.25) is 4.79 Å². The number of nitrogens with zero attached hydrogens (tertiary/aromatic N) is 1. The van der Waals surface area contributed by atoms with Gasteiger partial charge in [-0.15, -0.1) is 11.8 Å². The molecule has 3 rings (SSSR count). The second kappa shape index (κ2) is 9.31.